The predicted octanol–water partition coefficient (Wildman–Crippen LogP) is 3.54. The van der Waals surface area contributed by atoms with Gasteiger partial charge in [-0.2, -0.15) is 0 Å². The van der Waals surface area contributed by atoms with Crippen molar-refractivity contribution >= 4 is 29.9 Å². The standard InChI is InChI=1S/C21H38N4O2.HI/c1-8-22-20(24-16-21(3,4)25(5)6)23-14-10-11-17-12-13-18(26-7)19(15-17)27-9-2;/h12-13,15H,8-11,14,16H2,1-7H3,(H2,22,23,24);1H. The first kappa shape index (κ1) is 26.8. The molecule has 1 aromatic carbocycles. The third-order valence-electron chi connectivity index (χ3n) is 4.64. The second-order valence-electron chi connectivity index (χ2n) is 7.35. The zero-order chi connectivity index (χ0) is 20.3. The molecule has 0 unspecified atom stereocenters. The molecular formula is C21H39IN4O2. The third-order valence-corrected chi connectivity index (χ3v) is 4.64. The molecule has 0 aromatic heterocycles. The molecule has 1 rings (SSSR count). The molecule has 0 saturated carbocycles. The fourth-order valence-corrected chi connectivity index (χ4v) is 2.40. The average molecular weight is 506 g/mol. The summed E-state index contributed by atoms with van der Waals surface area (Å²) in [5.74, 6) is 2.47. The molecule has 0 aliphatic rings. The van der Waals surface area contributed by atoms with Gasteiger partial charge < -0.3 is 25.0 Å². The number of aliphatic imine (C=N–C) groups is 1. The summed E-state index contributed by atoms with van der Waals surface area (Å²) in [5, 5.41) is 6.75. The van der Waals surface area contributed by atoms with Crippen LogP contribution in [0.15, 0.2) is 23.2 Å². The van der Waals surface area contributed by atoms with Gasteiger partial charge in [0, 0.05) is 18.6 Å². The minimum atomic E-state index is 0. The first-order valence-corrected chi connectivity index (χ1v) is 9.83. The molecule has 1 aromatic rings. The number of methoxy groups -OCH3 is 1. The molecule has 0 saturated heterocycles. The third kappa shape index (κ3) is 9.32. The van der Waals surface area contributed by atoms with Crippen LogP contribution in [0.1, 0.15) is 39.7 Å². The molecule has 6 nitrogen and oxygen atoms in total. The van der Waals surface area contributed by atoms with E-state index in [9.17, 15) is 0 Å². The highest BCUT2D eigenvalue weighted by atomic mass is 127. The van der Waals surface area contributed by atoms with Crippen molar-refractivity contribution in [3.05, 3.63) is 23.8 Å². The van der Waals surface area contributed by atoms with Crippen molar-refractivity contribution < 1.29 is 9.47 Å². The fourth-order valence-electron chi connectivity index (χ4n) is 2.40. The summed E-state index contributed by atoms with van der Waals surface area (Å²) in [5.41, 5.74) is 1.28. The van der Waals surface area contributed by atoms with Gasteiger partial charge in [-0.05, 0) is 72.3 Å². The lowest BCUT2D eigenvalue weighted by Crippen LogP contribution is -2.44. The van der Waals surface area contributed by atoms with Crippen molar-refractivity contribution in [2.45, 2.75) is 46.1 Å². The van der Waals surface area contributed by atoms with E-state index < -0.39 is 0 Å². The zero-order valence-corrected chi connectivity index (χ0v) is 20.9. The minimum absolute atomic E-state index is 0. The maximum atomic E-state index is 5.65. The Balaban J connectivity index is 0.00000729. The minimum Gasteiger partial charge on any atom is -0.493 e. The van der Waals surface area contributed by atoms with Gasteiger partial charge in [0.25, 0.3) is 0 Å². The Morgan fingerprint density at radius 1 is 1.14 bits per heavy atom. The predicted molar refractivity (Wildman–Crippen MR) is 130 cm³/mol. The number of benzene rings is 1. The second-order valence-corrected chi connectivity index (χ2v) is 7.35. The Labute approximate surface area is 188 Å². The number of halogens is 1. The molecule has 0 aliphatic heterocycles. The topological polar surface area (TPSA) is 58.1 Å². The van der Waals surface area contributed by atoms with Crippen LogP contribution in [-0.4, -0.2) is 63.8 Å². The molecule has 28 heavy (non-hydrogen) atoms. The molecule has 0 heterocycles. The molecule has 0 atom stereocenters. The van der Waals surface area contributed by atoms with E-state index in [1.54, 1.807) is 7.11 Å². The first-order valence-electron chi connectivity index (χ1n) is 9.83. The molecule has 7 heteroatoms. The Kier molecular flexibility index (Phi) is 13.3. The number of aryl methyl sites for hydroxylation is 1. The van der Waals surface area contributed by atoms with Crippen LogP contribution in [-0.2, 0) is 6.42 Å². The zero-order valence-electron chi connectivity index (χ0n) is 18.6. The summed E-state index contributed by atoms with van der Waals surface area (Å²) in [6.45, 7) is 11.5. The van der Waals surface area contributed by atoms with Gasteiger partial charge in [-0.15, -0.1) is 24.0 Å². The number of nitrogens with one attached hydrogen (secondary N) is 2. The van der Waals surface area contributed by atoms with E-state index in [0.717, 1.165) is 49.9 Å². The van der Waals surface area contributed by atoms with Crippen molar-refractivity contribution in [3.8, 4) is 11.5 Å². The molecule has 0 bridgehead atoms. The number of hydrogen-bond donors (Lipinski definition) is 2. The lowest BCUT2D eigenvalue weighted by molar-refractivity contribution is 0.204. The monoisotopic (exact) mass is 506 g/mol. The molecule has 0 fully saturated rings. The van der Waals surface area contributed by atoms with E-state index in [1.165, 1.54) is 5.56 Å². The highest BCUT2D eigenvalue weighted by molar-refractivity contribution is 14.0. The van der Waals surface area contributed by atoms with Crippen LogP contribution in [0.5, 0.6) is 11.5 Å². The summed E-state index contributed by atoms with van der Waals surface area (Å²) >= 11 is 0. The molecule has 0 spiro atoms. The number of rotatable bonds is 11. The van der Waals surface area contributed by atoms with Gasteiger partial charge in [-0.25, -0.2) is 0 Å². The number of likely N-dealkylation sites (N-methyl/N-ethyl adjacent to an activating group) is 1. The van der Waals surface area contributed by atoms with Crippen LogP contribution in [0.4, 0.5) is 0 Å². The Bertz CT molecular complexity index is 592. The molecule has 0 radical (unpaired) electrons. The Morgan fingerprint density at radius 2 is 1.86 bits per heavy atom. The van der Waals surface area contributed by atoms with Gasteiger partial charge in [0.2, 0.25) is 0 Å². The van der Waals surface area contributed by atoms with Crippen LogP contribution in [0, 0.1) is 0 Å². The van der Waals surface area contributed by atoms with E-state index >= 15 is 0 Å². The summed E-state index contributed by atoms with van der Waals surface area (Å²) in [4.78, 5) is 6.92. The Morgan fingerprint density at radius 3 is 2.43 bits per heavy atom. The smallest absolute Gasteiger partial charge is 0.191 e. The second kappa shape index (κ2) is 13.9. The van der Waals surface area contributed by atoms with Crippen molar-refractivity contribution in [2.24, 2.45) is 4.99 Å². The number of ether oxygens (including phenoxy) is 2. The van der Waals surface area contributed by atoms with E-state index in [4.69, 9.17) is 14.5 Å². The lowest BCUT2D eigenvalue weighted by Gasteiger charge is -2.31. The number of guanidine groups is 1. The largest absolute Gasteiger partial charge is 0.493 e. The maximum Gasteiger partial charge on any atom is 0.191 e. The number of hydrogen-bond acceptors (Lipinski definition) is 4. The van der Waals surface area contributed by atoms with Crippen LogP contribution in [0.2, 0.25) is 0 Å². The number of nitrogens with zero attached hydrogens (tertiary/aromatic N) is 2. The molecular weight excluding hydrogens is 467 g/mol. The van der Waals surface area contributed by atoms with Gasteiger partial charge in [0.15, 0.2) is 17.5 Å². The quantitative estimate of drug-likeness (QED) is 0.208. The van der Waals surface area contributed by atoms with E-state index in [-0.39, 0.29) is 29.5 Å². The van der Waals surface area contributed by atoms with Gasteiger partial charge in [-0.3, -0.25) is 4.99 Å². The van der Waals surface area contributed by atoms with E-state index in [0.29, 0.717) is 6.61 Å². The van der Waals surface area contributed by atoms with Crippen molar-refractivity contribution in [3.63, 3.8) is 0 Å². The highest BCUT2D eigenvalue weighted by Crippen LogP contribution is 2.28. The summed E-state index contributed by atoms with van der Waals surface area (Å²) in [6, 6.07) is 6.14. The van der Waals surface area contributed by atoms with Crippen LogP contribution < -0.4 is 20.1 Å². The van der Waals surface area contributed by atoms with Gasteiger partial charge in [-0.1, -0.05) is 6.07 Å². The van der Waals surface area contributed by atoms with Crippen LogP contribution in [0.25, 0.3) is 0 Å². The van der Waals surface area contributed by atoms with Crippen molar-refractivity contribution in [1.82, 2.24) is 15.5 Å². The lowest BCUT2D eigenvalue weighted by atomic mass is 10.1. The van der Waals surface area contributed by atoms with Crippen molar-refractivity contribution in [1.29, 1.82) is 0 Å². The van der Waals surface area contributed by atoms with E-state index in [2.05, 4.69) is 62.5 Å². The molecule has 0 amide bonds. The Hall–Kier alpha value is -1.22. The normalized spacial score (nSPS) is 11.8. The average Bonchev–Trinajstić information content (AvgIpc) is 2.63. The van der Waals surface area contributed by atoms with Gasteiger partial charge in [0.05, 0.1) is 20.3 Å². The summed E-state index contributed by atoms with van der Waals surface area (Å²) < 4.78 is 11.0. The van der Waals surface area contributed by atoms with Gasteiger partial charge in [0.1, 0.15) is 0 Å². The van der Waals surface area contributed by atoms with Crippen LogP contribution in [0.3, 0.4) is 0 Å². The van der Waals surface area contributed by atoms with Gasteiger partial charge >= 0.3 is 0 Å². The first-order chi connectivity index (χ1) is 12.8. The highest BCUT2D eigenvalue weighted by Gasteiger charge is 2.19. The SMILES string of the molecule is CCNC(=NCC(C)(C)N(C)C)NCCCc1ccc(OC)c(OCC)c1.I. The summed E-state index contributed by atoms with van der Waals surface area (Å²) in [7, 11) is 5.84. The fraction of sp³-hybridized carbons (Fsp3) is 0.667. The molecule has 162 valence electrons. The maximum absolute atomic E-state index is 5.65. The van der Waals surface area contributed by atoms with Crippen LogP contribution >= 0.6 is 24.0 Å². The molecule has 0 aliphatic carbocycles. The molecule has 2 N–H and O–H groups in total. The van der Waals surface area contributed by atoms with Crippen molar-refractivity contribution in [2.75, 3.05) is 47.4 Å². The summed E-state index contributed by atoms with van der Waals surface area (Å²) in [6.07, 6.45) is 1.99. The van der Waals surface area contributed by atoms with E-state index in [1.807, 2.05) is 13.0 Å².